The van der Waals surface area contributed by atoms with Crippen LogP contribution in [0.25, 0.3) is 232 Å². The average Bonchev–Trinajstić information content (AvgIpc) is 1.57. The Kier molecular flexibility index (Phi) is 23.8. The smallest absolute Gasteiger partial charge is 0.355 e. The minimum absolute atomic E-state index is 0.102. The van der Waals surface area contributed by atoms with Gasteiger partial charge in [0, 0.05) is 132 Å². The number of H-pyrrole nitrogens is 1. The highest BCUT2D eigenvalue weighted by atomic mass is 19.4. The molecule has 0 spiro atoms. The van der Waals surface area contributed by atoms with E-state index in [1.54, 1.807) is 61.5 Å². The summed E-state index contributed by atoms with van der Waals surface area (Å²) in [6.07, 6.45) is -9.34. The van der Waals surface area contributed by atoms with Crippen LogP contribution in [0.5, 0.6) is 0 Å². The molecule has 6 heterocycles. The molecule has 0 saturated carbocycles. The first-order valence-electron chi connectivity index (χ1n) is 46.7. The zero-order chi connectivity index (χ0) is 102. The van der Waals surface area contributed by atoms with Crippen LogP contribution in [-0.4, -0.2) is 48.6 Å². The second-order valence-corrected chi connectivity index (χ2v) is 35.1. The molecule has 149 heavy (non-hydrogen) atoms. The van der Waals surface area contributed by atoms with Gasteiger partial charge < -0.3 is 18.7 Å². The second kappa shape index (κ2) is 38.3. The molecule has 0 fully saturated rings. The highest BCUT2D eigenvalue weighted by Gasteiger charge is 2.36. The number of nitrogens with zero attached hydrogens (tertiary/aromatic N) is 17. The number of aryl methyl sites for hydroxylation is 1. The van der Waals surface area contributed by atoms with E-state index in [4.69, 9.17) is 49.6 Å². The van der Waals surface area contributed by atoms with Crippen LogP contribution in [0.2, 0.25) is 0 Å². The van der Waals surface area contributed by atoms with Crippen LogP contribution < -0.4 is 0 Å². The first-order valence-corrected chi connectivity index (χ1v) is 46.7. The summed E-state index contributed by atoms with van der Waals surface area (Å²) in [6.45, 7) is 25.1. The highest BCUT2D eigenvalue weighted by molar-refractivity contribution is 6.16. The third-order valence-electron chi connectivity index (χ3n) is 26.4. The van der Waals surface area contributed by atoms with Crippen molar-refractivity contribution in [2.75, 3.05) is 0 Å². The van der Waals surface area contributed by atoms with Gasteiger partial charge in [0.15, 0.2) is 52.0 Å². The topological polar surface area (TPSA) is 240 Å². The second-order valence-electron chi connectivity index (χ2n) is 35.1. The van der Waals surface area contributed by atoms with Crippen molar-refractivity contribution in [2.45, 2.75) is 19.3 Å². The lowest BCUT2D eigenvalue weighted by molar-refractivity contribution is -0.138. The molecule has 700 valence electrons. The van der Waals surface area contributed by atoms with E-state index in [2.05, 4.69) is 80.2 Å². The summed E-state index contributed by atoms with van der Waals surface area (Å²) in [7, 11) is 0. The summed E-state index contributed by atoms with van der Waals surface area (Å²) in [5, 5.41) is 57.8. The van der Waals surface area contributed by atoms with E-state index < -0.39 is 23.5 Å². The Morgan fingerprint density at radius 2 is 0.611 bits per heavy atom. The van der Waals surface area contributed by atoms with E-state index in [1.807, 2.05) is 256 Å². The molecule has 0 aliphatic carbocycles. The number of hydrogen-bond donors (Lipinski definition) is 1. The predicted octanol–water partition coefficient (Wildman–Crippen LogP) is 32.4. The van der Waals surface area contributed by atoms with Crippen LogP contribution in [0.1, 0.15) is 44.5 Å². The summed E-state index contributed by atoms with van der Waals surface area (Å²) in [6, 6.07) is 127. The van der Waals surface area contributed by atoms with Crippen molar-refractivity contribution in [3.05, 3.63) is 467 Å². The molecule has 24 aromatic rings. The third-order valence-corrected chi connectivity index (χ3v) is 26.4. The van der Waals surface area contributed by atoms with Gasteiger partial charge in [-0.15, -0.1) is 0 Å². The lowest BCUT2D eigenvalue weighted by atomic mass is 9.92. The summed E-state index contributed by atoms with van der Waals surface area (Å²) < 4.78 is 93.0. The monoisotopic (exact) mass is 1930 g/mol. The van der Waals surface area contributed by atoms with Crippen LogP contribution in [0, 0.1) is 83.3 Å². The molecular weight excluding hydrogens is 1870 g/mol. The number of alkyl halides is 6. The SMILES string of the molecule is Cc1cccc(C#N)c1-c1cc(C(F)(F)F)ccc1-n1c2ccccc2c2cc(-c3nc(-c4ccccc4)nc(-c4ccccc4)n3)ccc21.[C-]#[N+]c1cc(C#N)c(-c2ccc3c(c2)c2ccccc2n3-c2ccc(C(F)(F)F)cc2-c2c(C#N)cccc2-n2c3ccccc3c3cc(-c4c(C#N)cc(C#N)cc4[N+]#[C-])ccc32)c([N+]#[C-])c1.c1ccc(-c2nc(-c3ccccc3)nc(-c3ccc4[nH]c5ccccc5c4c3)n2)cc1. The molecule has 24 rings (SSSR count). The van der Waals surface area contributed by atoms with E-state index in [9.17, 15) is 52.7 Å². The van der Waals surface area contributed by atoms with Gasteiger partial charge in [0.25, 0.3) is 0 Å². The Hall–Kier alpha value is -21.3. The van der Waals surface area contributed by atoms with Crippen molar-refractivity contribution >= 4 is 104 Å². The summed E-state index contributed by atoms with van der Waals surface area (Å²) in [5.41, 5.74) is 16.1. The summed E-state index contributed by atoms with van der Waals surface area (Å²) in [4.78, 5) is 43.3. The maximum Gasteiger partial charge on any atom is 0.416 e. The number of fused-ring (bicyclic) bond motifs is 12. The number of nitrogens with one attached hydrogen (secondary N) is 1. The third kappa shape index (κ3) is 17.0. The normalized spacial score (nSPS) is 11.3. The van der Waals surface area contributed by atoms with Gasteiger partial charge in [-0.05, 0) is 181 Å². The fourth-order valence-electron chi connectivity index (χ4n) is 19.8. The number of para-hydroxylation sites is 4. The maximum atomic E-state index is 15.0. The average molecular weight is 1940 g/mol. The molecule has 18 aromatic carbocycles. The van der Waals surface area contributed by atoms with E-state index >= 15 is 0 Å². The molecule has 24 heteroatoms. The van der Waals surface area contributed by atoms with Crippen molar-refractivity contribution < 1.29 is 26.3 Å². The molecule has 0 atom stereocenters. The number of nitriles is 5. The van der Waals surface area contributed by atoms with Crippen LogP contribution in [-0.2, 0) is 12.4 Å². The van der Waals surface area contributed by atoms with Gasteiger partial charge in [-0.1, -0.05) is 231 Å². The Morgan fingerprint density at radius 3 is 1.04 bits per heavy atom. The van der Waals surface area contributed by atoms with Crippen LogP contribution in [0.15, 0.2) is 388 Å². The summed E-state index contributed by atoms with van der Waals surface area (Å²) in [5.74, 6) is 3.58. The molecule has 0 amide bonds. The molecule has 0 unspecified atom stereocenters. The zero-order valence-corrected chi connectivity index (χ0v) is 78.3. The number of benzene rings is 18. The van der Waals surface area contributed by atoms with E-state index in [0.717, 1.165) is 107 Å². The molecule has 1 N–H and O–H groups in total. The Labute approximate surface area is 846 Å². The molecule has 18 nitrogen and oxygen atoms in total. The molecule has 0 bridgehead atoms. The molecule has 0 aliphatic heterocycles. The fraction of sp³-hybridized carbons (Fsp3) is 0.0240. The fourth-order valence-corrected chi connectivity index (χ4v) is 19.8. The summed E-state index contributed by atoms with van der Waals surface area (Å²) >= 11 is 0. The van der Waals surface area contributed by atoms with Gasteiger partial charge in [-0.2, -0.15) is 52.7 Å². The van der Waals surface area contributed by atoms with Gasteiger partial charge in [0.1, 0.15) is 0 Å². The Balaban J connectivity index is 0.000000135. The van der Waals surface area contributed by atoms with Crippen LogP contribution >= 0.6 is 0 Å². The van der Waals surface area contributed by atoms with Gasteiger partial charge >= 0.3 is 12.4 Å². The molecule has 0 saturated heterocycles. The van der Waals surface area contributed by atoms with Crippen molar-refractivity contribution in [2.24, 2.45) is 0 Å². The van der Waals surface area contributed by atoms with Crippen molar-refractivity contribution in [1.82, 2.24) is 48.6 Å². The van der Waals surface area contributed by atoms with Crippen molar-refractivity contribution in [3.8, 4) is 160 Å². The standard InChI is InChI=1S/C56H24F3N9.C42H26F3N5.C27H18N4/c1-64-39-23-37(31-63)54(46(27-39)66-3)34-15-18-49-42(25-34)40-10-4-6-12-47(40)67(49)51-20-17-38(56(57,58)59)26-44(51)55-35(29-61)9-8-14-52(55)68-48-13-7-5-11-41(48)43-24-33(16-19-50(43)68)53-36(30-62)21-32(28-60)22-45(53)65-2;1-26-11-10-16-30(25-46)38(26)34-24-31(42(43,44)45)20-22-37(34)50-35-18-9-8-17-32(35)33-23-29(19-21-36(33)50)41-48-39(27-12-4-2-5-13-27)47-40(49-41)28-14-6-3-7-15-28;1-3-9-18(10-4-1)25-29-26(19-11-5-2-6-12-19)31-27(30-25)20-15-16-24-22(17-20)21-13-7-8-14-23(21)28-24/h4-27H;2-24H,1H3;1-17,28H. The lowest BCUT2D eigenvalue weighted by Gasteiger charge is -2.21. The molecule has 0 radical (unpaired) electrons. The number of aromatic nitrogens is 10. The molecular formula is C125H68F6N18. The Bertz CT molecular complexity index is 9840. The van der Waals surface area contributed by atoms with Crippen LogP contribution in [0.4, 0.5) is 43.4 Å². The largest absolute Gasteiger partial charge is 0.416 e. The minimum atomic E-state index is -4.77. The first kappa shape index (κ1) is 92.7. The minimum Gasteiger partial charge on any atom is -0.355 e. The molecule has 6 aromatic heterocycles. The van der Waals surface area contributed by atoms with Crippen LogP contribution in [0.3, 0.4) is 0 Å². The van der Waals surface area contributed by atoms with Gasteiger partial charge in [0.05, 0.1) is 128 Å². The maximum absolute atomic E-state index is 15.0. The van der Waals surface area contributed by atoms with Crippen molar-refractivity contribution in [3.63, 3.8) is 0 Å². The van der Waals surface area contributed by atoms with Gasteiger partial charge in [-0.25, -0.2) is 44.4 Å². The lowest BCUT2D eigenvalue weighted by Crippen LogP contribution is -2.08. The molecule has 0 aliphatic rings. The van der Waals surface area contributed by atoms with Crippen molar-refractivity contribution in [1.29, 1.82) is 26.3 Å². The first-order chi connectivity index (χ1) is 72.7. The van der Waals surface area contributed by atoms with E-state index in [0.29, 0.717) is 129 Å². The number of hydrogen-bond acceptors (Lipinski definition) is 11. The highest BCUT2D eigenvalue weighted by Crippen LogP contribution is 2.50. The van der Waals surface area contributed by atoms with E-state index in [-0.39, 0.29) is 50.4 Å². The number of aromatic amines is 1. The van der Waals surface area contributed by atoms with Gasteiger partial charge in [0.2, 0.25) is 0 Å². The van der Waals surface area contributed by atoms with Gasteiger partial charge in [-0.3, -0.25) is 0 Å². The number of halogens is 6. The predicted molar refractivity (Wildman–Crippen MR) is 570 cm³/mol. The Morgan fingerprint density at radius 1 is 0.262 bits per heavy atom. The quantitative estimate of drug-likeness (QED) is 0.0841. The zero-order valence-electron chi connectivity index (χ0n) is 78.3. The van der Waals surface area contributed by atoms with E-state index in [1.165, 1.54) is 41.8 Å². The number of rotatable bonds is 13.